The van der Waals surface area contributed by atoms with Gasteiger partial charge in [-0.05, 0) is 39.3 Å². The summed E-state index contributed by atoms with van der Waals surface area (Å²) in [5, 5.41) is 3.45. The second kappa shape index (κ2) is 4.74. The molecule has 1 atom stereocenters. The first-order valence-corrected chi connectivity index (χ1v) is 6.73. The summed E-state index contributed by atoms with van der Waals surface area (Å²) < 4.78 is 2.06. The molecule has 19 heavy (non-hydrogen) atoms. The Morgan fingerprint density at radius 2 is 2.16 bits per heavy atom. The molecule has 0 aromatic carbocycles. The van der Waals surface area contributed by atoms with E-state index in [2.05, 4.69) is 19.9 Å². The van der Waals surface area contributed by atoms with Crippen molar-refractivity contribution in [2.24, 2.45) is 7.05 Å². The highest BCUT2D eigenvalue weighted by Crippen LogP contribution is 2.24. The first-order valence-electron chi connectivity index (χ1n) is 6.73. The van der Waals surface area contributed by atoms with Crippen LogP contribution in [0.5, 0.6) is 0 Å². The summed E-state index contributed by atoms with van der Waals surface area (Å²) in [6.07, 6.45) is 4.19. The zero-order valence-electron chi connectivity index (χ0n) is 11.6. The van der Waals surface area contributed by atoms with E-state index in [0.29, 0.717) is 6.04 Å². The number of aryl methyl sites for hydroxylation is 2. The highest BCUT2D eigenvalue weighted by Gasteiger charge is 2.20. The Hall–Kier alpha value is -1.75. The third-order valence-electron chi connectivity index (χ3n) is 3.73. The van der Waals surface area contributed by atoms with Crippen LogP contribution >= 0.6 is 0 Å². The summed E-state index contributed by atoms with van der Waals surface area (Å²) >= 11 is 0. The van der Waals surface area contributed by atoms with Crippen LogP contribution < -0.4 is 5.32 Å². The fraction of sp³-hybridized carbons (Fsp3) is 0.500. The predicted octanol–water partition coefficient (Wildman–Crippen LogP) is 1.92. The number of hydrogen-bond acceptors (Lipinski definition) is 4. The number of aromatic nitrogens is 4. The standard InChI is InChI=1S/C14H19N5/c1-9-7-12(13-8-16-10(2)19(13)3)18-14(17-9)11-5-4-6-15-11/h7-8,11,15H,4-6H2,1-3H3. The minimum absolute atomic E-state index is 0.299. The minimum Gasteiger partial charge on any atom is -0.330 e. The van der Waals surface area contributed by atoms with Crippen molar-refractivity contribution in [2.45, 2.75) is 32.7 Å². The zero-order chi connectivity index (χ0) is 13.4. The molecule has 1 unspecified atom stereocenters. The minimum atomic E-state index is 0.299. The first kappa shape index (κ1) is 12.3. The van der Waals surface area contributed by atoms with Gasteiger partial charge in [0.05, 0.1) is 23.6 Å². The molecule has 2 aromatic rings. The second-order valence-corrected chi connectivity index (χ2v) is 5.15. The van der Waals surface area contributed by atoms with Gasteiger partial charge < -0.3 is 9.88 Å². The van der Waals surface area contributed by atoms with E-state index < -0.39 is 0 Å². The molecule has 1 N–H and O–H groups in total. The van der Waals surface area contributed by atoms with E-state index in [1.165, 1.54) is 6.42 Å². The van der Waals surface area contributed by atoms with Crippen molar-refractivity contribution >= 4 is 0 Å². The molecule has 5 nitrogen and oxygen atoms in total. The van der Waals surface area contributed by atoms with Crippen LogP contribution in [0, 0.1) is 13.8 Å². The van der Waals surface area contributed by atoms with Gasteiger partial charge in [-0.2, -0.15) is 0 Å². The quantitative estimate of drug-likeness (QED) is 0.893. The molecule has 1 aliphatic heterocycles. The Kier molecular flexibility index (Phi) is 3.06. The molecule has 100 valence electrons. The van der Waals surface area contributed by atoms with Crippen molar-refractivity contribution in [3.05, 3.63) is 29.6 Å². The van der Waals surface area contributed by atoms with Gasteiger partial charge in [0.25, 0.3) is 0 Å². The van der Waals surface area contributed by atoms with Gasteiger partial charge in [-0.1, -0.05) is 0 Å². The van der Waals surface area contributed by atoms with Crippen LogP contribution in [0.3, 0.4) is 0 Å². The summed E-state index contributed by atoms with van der Waals surface area (Å²) in [5.41, 5.74) is 3.01. The molecule has 3 rings (SSSR count). The van der Waals surface area contributed by atoms with Gasteiger partial charge in [-0.3, -0.25) is 0 Å². The lowest BCUT2D eigenvalue weighted by Gasteiger charge is -2.11. The summed E-state index contributed by atoms with van der Waals surface area (Å²) in [6, 6.07) is 2.32. The molecule has 1 aliphatic rings. The fourth-order valence-corrected chi connectivity index (χ4v) is 2.52. The van der Waals surface area contributed by atoms with E-state index in [9.17, 15) is 0 Å². The van der Waals surface area contributed by atoms with Crippen molar-refractivity contribution in [1.82, 2.24) is 24.8 Å². The Morgan fingerprint density at radius 3 is 2.79 bits per heavy atom. The number of rotatable bonds is 2. The largest absolute Gasteiger partial charge is 0.330 e. The van der Waals surface area contributed by atoms with E-state index in [1.807, 2.05) is 33.2 Å². The van der Waals surface area contributed by atoms with Gasteiger partial charge in [0.2, 0.25) is 0 Å². The van der Waals surface area contributed by atoms with Gasteiger partial charge in [-0.15, -0.1) is 0 Å². The van der Waals surface area contributed by atoms with Crippen molar-refractivity contribution < 1.29 is 0 Å². The molecule has 1 fully saturated rings. The Morgan fingerprint density at radius 1 is 1.32 bits per heavy atom. The monoisotopic (exact) mass is 257 g/mol. The summed E-state index contributed by atoms with van der Waals surface area (Å²) in [5.74, 6) is 1.90. The summed E-state index contributed by atoms with van der Waals surface area (Å²) in [7, 11) is 2.02. The fourth-order valence-electron chi connectivity index (χ4n) is 2.52. The zero-order valence-corrected chi connectivity index (χ0v) is 11.6. The molecule has 0 bridgehead atoms. The molecule has 1 saturated heterocycles. The maximum atomic E-state index is 4.73. The smallest absolute Gasteiger partial charge is 0.146 e. The van der Waals surface area contributed by atoms with E-state index in [4.69, 9.17) is 4.98 Å². The van der Waals surface area contributed by atoms with E-state index in [1.54, 1.807) is 0 Å². The molecule has 0 aliphatic carbocycles. The molecule has 0 radical (unpaired) electrons. The lowest BCUT2D eigenvalue weighted by molar-refractivity contribution is 0.603. The van der Waals surface area contributed by atoms with Crippen LogP contribution in [0.1, 0.15) is 36.2 Å². The van der Waals surface area contributed by atoms with Crippen molar-refractivity contribution in [1.29, 1.82) is 0 Å². The summed E-state index contributed by atoms with van der Waals surface area (Å²) in [6.45, 7) is 5.08. The highest BCUT2D eigenvalue weighted by atomic mass is 15.1. The van der Waals surface area contributed by atoms with E-state index >= 15 is 0 Å². The number of nitrogens with zero attached hydrogens (tertiary/aromatic N) is 4. The van der Waals surface area contributed by atoms with Crippen molar-refractivity contribution in [3.63, 3.8) is 0 Å². The maximum Gasteiger partial charge on any atom is 0.146 e. The molecule has 0 amide bonds. The summed E-state index contributed by atoms with van der Waals surface area (Å²) in [4.78, 5) is 13.6. The van der Waals surface area contributed by atoms with Crippen molar-refractivity contribution in [3.8, 4) is 11.4 Å². The van der Waals surface area contributed by atoms with Gasteiger partial charge in [0.1, 0.15) is 11.6 Å². The third-order valence-corrected chi connectivity index (χ3v) is 3.73. The highest BCUT2D eigenvalue weighted by molar-refractivity contribution is 5.54. The van der Waals surface area contributed by atoms with Crippen molar-refractivity contribution in [2.75, 3.05) is 6.54 Å². The number of imidazole rings is 1. The lowest BCUT2D eigenvalue weighted by Crippen LogP contribution is -2.16. The van der Waals surface area contributed by atoms with Crippen LogP contribution in [-0.2, 0) is 7.05 Å². The SMILES string of the molecule is Cc1cc(-c2cnc(C)n2C)nc(C2CCCN2)n1. The van der Waals surface area contributed by atoms with Crippen LogP contribution in [-0.4, -0.2) is 26.1 Å². The average molecular weight is 257 g/mol. The normalized spacial score (nSPS) is 19.0. The van der Waals surface area contributed by atoms with Gasteiger partial charge in [0.15, 0.2) is 0 Å². The van der Waals surface area contributed by atoms with Crippen LogP contribution in [0.4, 0.5) is 0 Å². The lowest BCUT2D eigenvalue weighted by atomic mass is 10.2. The predicted molar refractivity (Wildman–Crippen MR) is 73.7 cm³/mol. The average Bonchev–Trinajstić information content (AvgIpc) is 3.01. The van der Waals surface area contributed by atoms with Gasteiger partial charge >= 0.3 is 0 Å². The van der Waals surface area contributed by atoms with Crippen LogP contribution in [0.15, 0.2) is 12.3 Å². The Balaban J connectivity index is 2.04. The second-order valence-electron chi connectivity index (χ2n) is 5.15. The first-order chi connectivity index (χ1) is 9.15. The Labute approximate surface area is 113 Å². The van der Waals surface area contributed by atoms with E-state index in [-0.39, 0.29) is 0 Å². The topological polar surface area (TPSA) is 55.6 Å². The molecule has 2 aromatic heterocycles. The molecule has 3 heterocycles. The molecular formula is C14H19N5. The van der Waals surface area contributed by atoms with Gasteiger partial charge in [0, 0.05) is 12.7 Å². The molecular weight excluding hydrogens is 238 g/mol. The maximum absolute atomic E-state index is 4.73. The van der Waals surface area contributed by atoms with E-state index in [0.717, 1.165) is 41.7 Å². The number of hydrogen-bond donors (Lipinski definition) is 1. The van der Waals surface area contributed by atoms with Gasteiger partial charge in [-0.25, -0.2) is 15.0 Å². The molecule has 0 spiro atoms. The molecule has 0 saturated carbocycles. The van der Waals surface area contributed by atoms with Crippen LogP contribution in [0.25, 0.3) is 11.4 Å². The third kappa shape index (κ3) is 2.26. The Bertz CT molecular complexity index is 596. The number of nitrogens with one attached hydrogen (secondary N) is 1. The van der Waals surface area contributed by atoms with Crippen LogP contribution in [0.2, 0.25) is 0 Å². The molecule has 5 heteroatoms.